The summed E-state index contributed by atoms with van der Waals surface area (Å²) in [5, 5.41) is 0.298. The van der Waals surface area contributed by atoms with E-state index >= 15 is 0 Å². The molecule has 0 saturated carbocycles. The fraction of sp³-hybridized carbons (Fsp3) is 0.222. The minimum absolute atomic E-state index is 0.0375. The minimum atomic E-state index is -0.662. The molecule has 1 atom stereocenters. The molecule has 1 aliphatic rings. The Morgan fingerprint density at radius 1 is 1.28 bits per heavy atom. The molecule has 0 unspecified atom stereocenters. The number of hydrogen-bond acceptors (Lipinski definition) is 7. The maximum atomic E-state index is 13.7. The summed E-state index contributed by atoms with van der Waals surface area (Å²) in [6, 6.07) is 12.1. The van der Waals surface area contributed by atoms with Gasteiger partial charge >= 0.3 is 5.97 Å². The van der Waals surface area contributed by atoms with Gasteiger partial charge in [-0.3, -0.25) is 9.36 Å². The Morgan fingerprint density at radius 2 is 2.03 bits per heavy atom. The van der Waals surface area contributed by atoms with Gasteiger partial charge in [0.15, 0.2) is 16.3 Å². The molecule has 2 aromatic carbocycles. The lowest BCUT2D eigenvalue weighted by Crippen LogP contribution is -2.40. The summed E-state index contributed by atoms with van der Waals surface area (Å²) in [7, 11) is 2.82. The van der Waals surface area contributed by atoms with E-state index in [4.69, 9.17) is 32.2 Å². The Hall–Kier alpha value is -3.80. The van der Waals surface area contributed by atoms with Crippen LogP contribution in [0.5, 0.6) is 11.5 Å². The van der Waals surface area contributed by atoms with Gasteiger partial charge in [0, 0.05) is 0 Å². The van der Waals surface area contributed by atoms with Gasteiger partial charge < -0.3 is 14.2 Å². The van der Waals surface area contributed by atoms with E-state index in [9.17, 15) is 9.59 Å². The summed E-state index contributed by atoms with van der Waals surface area (Å²) >= 11 is 7.65. The molecular formula is C27H23ClN2O5S. The van der Waals surface area contributed by atoms with Crippen molar-refractivity contribution in [2.75, 3.05) is 20.8 Å². The van der Waals surface area contributed by atoms with E-state index in [1.807, 2.05) is 37.3 Å². The number of nitrogens with zero attached hydrogens (tertiary/aromatic N) is 2. The van der Waals surface area contributed by atoms with Crippen molar-refractivity contribution in [1.82, 2.24) is 4.57 Å². The Kier molecular flexibility index (Phi) is 7.63. The standard InChI is InChI=1S/C27H23ClN2O5S/c1-5-12-35-24-18(28)13-16(14-20(24)33-3)15-21-25(31)30-23(17-10-8-7-9-11-17)22(26(32)34-4)19(6-2)29-27(30)36-21/h1,7-11,13-15,23H,6,12H2,2-4H3/b21-15-/t23-/m0/s1. The summed E-state index contributed by atoms with van der Waals surface area (Å²) in [6.07, 6.45) is 7.49. The molecule has 0 saturated heterocycles. The third-order valence-electron chi connectivity index (χ3n) is 5.61. The number of halogens is 1. The Bertz CT molecular complexity index is 1560. The molecule has 184 valence electrons. The van der Waals surface area contributed by atoms with Crippen LogP contribution in [0.2, 0.25) is 5.02 Å². The number of carbonyl (C=O) groups is 1. The molecule has 36 heavy (non-hydrogen) atoms. The number of hydrogen-bond donors (Lipinski definition) is 0. The van der Waals surface area contributed by atoms with E-state index in [0.717, 1.165) is 5.56 Å². The topological polar surface area (TPSA) is 79.1 Å². The van der Waals surface area contributed by atoms with Crippen LogP contribution in [0, 0.1) is 12.3 Å². The van der Waals surface area contributed by atoms with Crippen molar-refractivity contribution >= 4 is 35.0 Å². The fourth-order valence-corrected chi connectivity index (χ4v) is 5.34. The van der Waals surface area contributed by atoms with Crippen molar-refractivity contribution in [3.8, 4) is 23.8 Å². The lowest BCUT2D eigenvalue weighted by Gasteiger charge is -2.25. The molecule has 7 nitrogen and oxygen atoms in total. The van der Waals surface area contributed by atoms with Crippen LogP contribution in [0.3, 0.4) is 0 Å². The number of aromatic nitrogens is 1. The lowest BCUT2D eigenvalue weighted by molar-refractivity contribution is -0.136. The van der Waals surface area contributed by atoms with Crippen LogP contribution in [0.4, 0.5) is 0 Å². The second-order valence-corrected chi connectivity index (χ2v) is 9.14. The number of terminal acetylenes is 1. The fourth-order valence-electron chi connectivity index (χ4n) is 4.04. The second kappa shape index (κ2) is 10.9. The third kappa shape index (κ3) is 4.68. The van der Waals surface area contributed by atoms with Gasteiger partial charge in [-0.15, -0.1) is 6.42 Å². The van der Waals surface area contributed by atoms with Crippen molar-refractivity contribution in [3.63, 3.8) is 0 Å². The molecule has 0 fully saturated rings. The van der Waals surface area contributed by atoms with Crippen LogP contribution in [0.1, 0.15) is 30.5 Å². The Labute approximate surface area is 216 Å². The van der Waals surface area contributed by atoms with Crippen LogP contribution >= 0.6 is 22.9 Å². The molecule has 0 N–H and O–H groups in total. The lowest BCUT2D eigenvalue weighted by atomic mass is 9.95. The van der Waals surface area contributed by atoms with E-state index in [1.165, 1.54) is 25.6 Å². The number of carbonyl (C=O) groups excluding carboxylic acids is 1. The molecule has 9 heteroatoms. The molecule has 4 rings (SSSR count). The number of benzene rings is 2. The van der Waals surface area contributed by atoms with E-state index in [1.54, 1.807) is 22.8 Å². The zero-order chi connectivity index (χ0) is 25.8. The summed E-state index contributed by atoms with van der Waals surface area (Å²) in [5.74, 6) is 2.59. The maximum Gasteiger partial charge on any atom is 0.338 e. The van der Waals surface area contributed by atoms with E-state index in [0.29, 0.717) is 49.1 Å². The van der Waals surface area contributed by atoms with E-state index in [-0.39, 0.29) is 12.2 Å². The molecule has 0 spiro atoms. The Morgan fingerprint density at radius 3 is 2.67 bits per heavy atom. The van der Waals surface area contributed by atoms with Crippen molar-refractivity contribution in [2.45, 2.75) is 19.4 Å². The largest absolute Gasteiger partial charge is 0.493 e. The molecule has 2 heterocycles. The summed E-state index contributed by atoms with van der Waals surface area (Å²) in [6.45, 7) is 1.95. The molecule has 0 bridgehead atoms. The average Bonchev–Trinajstić information content (AvgIpc) is 3.20. The summed E-state index contributed by atoms with van der Waals surface area (Å²) in [5.41, 5.74) is 2.07. The normalized spacial score (nSPS) is 15.1. The highest BCUT2D eigenvalue weighted by molar-refractivity contribution is 7.07. The SMILES string of the molecule is C#CCOc1c(Cl)cc(/C=c2\sc3n(c2=O)[C@@H](c2ccccc2)C(C(=O)OC)=C(CC)N=3)cc1OC. The highest BCUT2D eigenvalue weighted by atomic mass is 35.5. The van der Waals surface area contributed by atoms with Gasteiger partial charge in [0.05, 0.1) is 41.1 Å². The quantitative estimate of drug-likeness (QED) is 0.351. The van der Waals surface area contributed by atoms with Gasteiger partial charge in [0.1, 0.15) is 6.61 Å². The summed E-state index contributed by atoms with van der Waals surface area (Å²) < 4.78 is 18.0. The first-order valence-electron chi connectivity index (χ1n) is 11.0. The first-order valence-corrected chi connectivity index (χ1v) is 12.2. The number of esters is 1. The van der Waals surface area contributed by atoms with Crippen LogP contribution in [0.15, 0.2) is 63.5 Å². The number of allylic oxidation sites excluding steroid dienone is 1. The van der Waals surface area contributed by atoms with E-state index < -0.39 is 12.0 Å². The molecule has 0 aliphatic carbocycles. The third-order valence-corrected chi connectivity index (χ3v) is 6.88. The summed E-state index contributed by atoms with van der Waals surface area (Å²) in [4.78, 5) is 31.7. The van der Waals surface area contributed by atoms with Crippen LogP contribution < -0.4 is 24.4 Å². The van der Waals surface area contributed by atoms with Crippen molar-refractivity contribution in [2.24, 2.45) is 4.99 Å². The predicted molar refractivity (Wildman–Crippen MR) is 139 cm³/mol. The molecule has 1 aliphatic heterocycles. The first kappa shape index (κ1) is 25.3. The zero-order valence-electron chi connectivity index (χ0n) is 19.9. The molecular weight excluding hydrogens is 500 g/mol. The number of fused-ring (bicyclic) bond motifs is 1. The smallest absolute Gasteiger partial charge is 0.338 e. The van der Waals surface area contributed by atoms with Crippen molar-refractivity contribution in [3.05, 3.63) is 89.6 Å². The number of methoxy groups -OCH3 is 2. The molecule has 3 aromatic rings. The highest BCUT2D eigenvalue weighted by Crippen LogP contribution is 2.36. The van der Waals surface area contributed by atoms with Crippen molar-refractivity contribution in [1.29, 1.82) is 0 Å². The van der Waals surface area contributed by atoms with Gasteiger partial charge in [0.25, 0.3) is 5.56 Å². The number of rotatable bonds is 7. The number of ether oxygens (including phenoxy) is 3. The highest BCUT2D eigenvalue weighted by Gasteiger charge is 2.33. The van der Waals surface area contributed by atoms with Gasteiger partial charge in [-0.1, -0.05) is 66.1 Å². The second-order valence-electron chi connectivity index (χ2n) is 7.73. The van der Waals surface area contributed by atoms with Crippen molar-refractivity contribution < 1.29 is 19.0 Å². The molecule has 1 aromatic heterocycles. The van der Waals surface area contributed by atoms with E-state index in [2.05, 4.69) is 10.9 Å². The maximum absolute atomic E-state index is 13.7. The zero-order valence-corrected chi connectivity index (χ0v) is 21.5. The minimum Gasteiger partial charge on any atom is -0.493 e. The van der Waals surface area contributed by atoms with Crippen LogP contribution in [-0.2, 0) is 9.53 Å². The van der Waals surface area contributed by atoms with Crippen LogP contribution in [-0.4, -0.2) is 31.4 Å². The van der Waals surface area contributed by atoms with Gasteiger partial charge in [-0.05, 0) is 35.8 Å². The van der Waals surface area contributed by atoms with Gasteiger partial charge in [0.2, 0.25) is 0 Å². The number of thiazole rings is 1. The Balaban J connectivity index is 1.93. The molecule has 0 radical (unpaired) electrons. The first-order chi connectivity index (χ1) is 17.4. The van der Waals surface area contributed by atoms with Crippen LogP contribution in [0.25, 0.3) is 6.08 Å². The van der Waals surface area contributed by atoms with Gasteiger partial charge in [-0.25, -0.2) is 9.79 Å². The molecule has 0 amide bonds. The monoisotopic (exact) mass is 522 g/mol. The average molecular weight is 523 g/mol. The van der Waals surface area contributed by atoms with Gasteiger partial charge in [-0.2, -0.15) is 0 Å². The predicted octanol–water partition coefficient (Wildman–Crippen LogP) is 3.47.